The summed E-state index contributed by atoms with van der Waals surface area (Å²) in [5.41, 5.74) is 2.14. The van der Waals surface area contributed by atoms with E-state index in [-0.39, 0.29) is 4.90 Å². The summed E-state index contributed by atoms with van der Waals surface area (Å²) in [4.78, 5) is 12.6. The average molecular weight is 538 g/mol. The van der Waals surface area contributed by atoms with E-state index in [1.807, 2.05) is 0 Å². The first-order valence-corrected chi connectivity index (χ1v) is 13.4. The Kier molecular flexibility index (Phi) is 6.91. The van der Waals surface area contributed by atoms with Gasteiger partial charge in [0.15, 0.2) is 0 Å². The number of halogens is 1. The number of carbonyl (C=O) groups excluding carboxylic acids is 1. The predicted molar refractivity (Wildman–Crippen MR) is 129 cm³/mol. The minimum absolute atomic E-state index is 0.0467. The maximum Gasteiger partial charge on any atom is 0.261 e. The lowest BCUT2D eigenvalue weighted by molar-refractivity contribution is 0.102. The maximum atomic E-state index is 12.6. The minimum Gasteiger partial charge on any atom is -0.322 e. The summed E-state index contributed by atoms with van der Waals surface area (Å²) in [6.07, 6.45) is 1.05. The number of rotatable bonds is 7. The Morgan fingerprint density at radius 3 is 1.97 bits per heavy atom. The standard InChI is InChI=1S/C21H20BrN3O5S2/c1-14-13-15(3-12-20(14)25-31(2,27)28)21(26)23-17-8-10-19(11-9-17)32(29,30)24-18-6-4-16(22)5-7-18/h3-13,24-25H,1-2H3,(H,23,26). The average Bonchev–Trinajstić information content (AvgIpc) is 2.70. The lowest BCUT2D eigenvalue weighted by Gasteiger charge is -2.11. The molecule has 0 radical (unpaired) electrons. The molecular weight excluding hydrogens is 518 g/mol. The van der Waals surface area contributed by atoms with Gasteiger partial charge in [-0.3, -0.25) is 14.2 Å². The van der Waals surface area contributed by atoms with Crippen LogP contribution >= 0.6 is 15.9 Å². The first-order valence-electron chi connectivity index (χ1n) is 9.21. The van der Waals surface area contributed by atoms with E-state index in [4.69, 9.17) is 0 Å². The number of amides is 1. The SMILES string of the molecule is Cc1cc(C(=O)Nc2ccc(S(=O)(=O)Nc3ccc(Br)cc3)cc2)ccc1NS(C)(=O)=O. The molecule has 0 aliphatic rings. The Labute approximate surface area is 195 Å². The van der Waals surface area contributed by atoms with Gasteiger partial charge in [0.25, 0.3) is 15.9 Å². The fourth-order valence-corrected chi connectivity index (χ4v) is 4.72. The molecule has 168 valence electrons. The number of hydrogen-bond acceptors (Lipinski definition) is 5. The van der Waals surface area contributed by atoms with Crippen LogP contribution in [0.5, 0.6) is 0 Å². The van der Waals surface area contributed by atoms with Gasteiger partial charge in [-0.05, 0) is 79.2 Å². The highest BCUT2D eigenvalue weighted by Gasteiger charge is 2.15. The van der Waals surface area contributed by atoms with Gasteiger partial charge in [-0.15, -0.1) is 0 Å². The van der Waals surface area contributed by atoms with Crippen molar-refractivity contribution in [1.82, 2.24) is 0 Å². The number of sulfonamides is 2. The van der Waals surface area contributed by atoms with Gasteiger partial charge in [-0.2, -0.15) is 0 Å². The van der Waals surface area contributed by atoms with Crippen LogP contribution in [0.1, 0.15) is 15.9 Å². The molecule has 0 aliphatic heterocycles. The lowest BCUT2D eigenvalue weighted by atomic mass is 10.1. The van der Waals surface area contributed by atoms with Crippen molar-refractivity contribution in [2.75, 3.05) is 21.0 Å². The molecule has 0 unspecified atom stereocenters. The summed E-state index contributed by atoms with van der Waals surface area (Å²) >= 11 is 3.29. The van der Waals surface area contributed by atoms with E-state index in [0.29, 0.717) is 28.2 Å². The minimum atomic E-state index is -3.78. The van der Waals surface area contributed by atoms with Crippen molar-refractivity contribution in [3.05, 3.63) is 82.3 Å². The van der Waals surface area contributed by atoms with Crippen LogP contribution in [-0.2, 0) is 20.0 Å². The first-order chi connectivity index (χ1) is 14.9. The smallest absolute Gasteiger partial charge is 0.261 e. The number of hydrogen-bond donors (Lipinski definition) is 3. The zero-order valence-electron chi connectivity index (χ0n) is 17.1. The summed E-state index contributed by atoms with van der Waals surface area (Å²) < 4.78 is 53.6. The van der Waals surface area contributed by atoms with E-state index in [9.17, 15) is 21.6 Å². The molecule has 3 N–H and O–H groups in total. The van der Waals surface area contributed by atoms with Crippen LogP contribution in [0.4, 0.5) is 17.1 Å². The third kappa shape index (κ3) is 6.31. The van der Waals surface area contributed by atoms with Crippen LogP contribution in [0.15, 0.2) is 76.1 Å². The third-order valence-corrected chi connectivity index (χ3v) is 6.82. The zero-order chi connectivity index (χ0) is 23.5. The van der Waals surface area contributed by atoms with Gasteiger partial charge in [0.1, 0.15) is 0 Å². The van der Waals surface area contributed by atoms with Crippen LogP contribution < -0.4 is 14.8 Å². The van der Waals surface area contributed by atoms with E-state index in [1.54, 1.807) is 37.3 Å². The maximum absolute atomic E-state index is 12.6. The normalized spacial score (nSPS) is 11.6. The van der Waals surface area contributed by atoms with Gasteiger partial charge in [-0.1, -0.05) is 15.9 Å². The number of nitrogens with one attached hydrogen (secondary N) is 3. The van der Waals surface area contributed by atoms with Crippen molar-refractivity contribution >= 4 is 58.9 Å². The van der Waals surface area contributed by atoms with E-state index < -0.39 is 26.0 Å². The Morgan fingerprint density at radius 2 is 1.41 bits per heavy atom. The monoisotopic (exact) mass is 537 g/mol. The lowest BCUT2D eigenvalue weighted by Crippen LogP contribution is -2.15. The number of aryl methyl sites for hydroxylation is 1. The van der Waals surface area contributed by atoms with Crippen LogP contribution in [0.3, 0.4) is 0 Å². The van der Waals surface area contributed by atoms with Crippen molar-refractivity contribution < 1.29 is 21.6 Å². The molecule has 11 heteroatoms. The van der Waals surface area contributed by atoms with Gasteiger partial charge < -0.3 is 5.32 Å². The van der Waals surface area contributed by atoms with Gasteiger partial charge in [0.2, 0.25) is 10.0 Å². The highest BCUT2D eigenvalue weighted by Crippen LogP contribution is 2.22. The number of carbonyl (C=O) groups is 1. The quantitative estimate of drug-likeness (QED) is 0.417. The fourth-order valence-electron chi connectivity index (χ4n) is 2.77. The van der Waals surface area contributed by atoms with Crippen molar-refractivity contribution in [1.29, 1.82) is 0 Å². The van der Waals surface area contributed by atoms with Crippen LogP contribution in [-0.4, -0.2) is 29.0 Å². The van der Waals surface area contributed by atoms with Gasteiger partial charge >= 0.3 is 0 Å². The molecular formula is C21H20BrN3O5S2. The van der Waals surface area contributed by atoms with Gasteiger partial charge in [0, 0.05) is 21.4 Å². The van der Waals surface area contributed by atoms with E-state index in [1.165, 1.54) is 36.4 Å². The predicted octanol–water partition coefficient (Wildman–Crippen LogP) is 4.18. The molecule has 0 fully saturated rings. The van der Waals surface area contributed by atoms with E-state index >= 15 is 0 Å². The highest BCUT2D eigenvalue weighted by atomic mass is 79.9. The van der Waals surface area contributed by atoms with E-state index in [0.717, 1.165) is 10.7 Å². The van der Waals surface area contributed by atoms with E-state index in [2.05, 4.69) is 30.7 Å². The third-order valence-electron chi connectivity index (χ3n) is 4.30. The van der Waals surface area contributed by atoms with Gasteiger partial charge in [0.05, 0.1) is 16.8 Å². The summed E-state index contributed by atoms with van der Waals surface area (Å²) in [6.45, 7) is 1.68. The number of anilines is 3. The van der Waals surface area contributed by atoms with Crippen molar-refractivity contribution in [3.8, 4) is 0 Å². The van der Waals surface area contributed by atoms with Crippen molar-refractivity contribution in [2.45, 2.75) is 11.8 Å². The Balaban J connectivity index is 1.70. The molecule has 0 spiro atoms. The van der Waals surface area contributed by atoms with Crippen LogP contribution in [0, 0.1) is 6.92 Å². The second kappa shape index (κ2) is 9.31. The Hall–Kier alpha value is -2.89. The molecule has 0 bridgehead atoms. The summed E-state index contributed by atoms with van der Waals surface area (Å²) in [6, 6.07) is 17.0. The molecule has 0 aromatic heterocycles. The molecule has 32 heavy (non-hydrogen) atoms. The molecule has 3 rings (SSSR count). The highest BCUT2D eigenvalue weighted by molar-refractivity contribution is 9.10. The molecule has 1 amide bonds. The molecule has 0 saturated carbocycles. The Morgan fingerprint density at radius 1 is 0.812 bits per heavy atom. The second-order valence-corrected chi connectivity index (χ2v) is 11.3. The molecule has 3 aromatic carbocycles. The molecule has 0 saturated heterocycles. The molecule has 0 aliphatic carbocycles. The Bertz CT molecular complexity index is 1360. The van der Waals surface area contributed by atoms with Gasteiger partial charge in [-0.25, -0.2) is 16.8 Å². The topological polar surface area (TPSA) is 121 Å². The molecule has 0 atom stereocenters. The number of benzene rings is 3. The van der Waals surface area contributed by atoms with Crippen LogP contribution in [0.2, 0.25) is 0 Å². The molecule has 3 aromatic rings. The largest absolute Gasteiger partial charge is 0.322 e. The fraction of sp³-hybridized carbons (Fsp3) is 0.0952. The first kappa shape index (κ1) is 23.8. The molecule has 0 heterocycles. The van der Waals surface area contributed by atoms with Crippen molar-refractivity contribution in [2.24, 2.45) is 0 Å². The van der Waals surface area contributed by atoms with Crippen LogP contribution in [0.25, 0.3) is 0 Å². The molecule has 8 nitrogen and oxygen atoms in total. The summed E-state index contributed by atoms with van der Waals surface area (Å²) in [5.74, 6) is -0.414. The second-order valence-electron chi connectivity index (χ2n) is 6.99. The zero-order valence-corrected chi connectivity index (χ0v) is 20.3. The summed E-state index contributed by atoms with van der Waals surface area (Å²) in [5, 5.41) is 2.69. The van der Waals surface area contributed by atoms with Crippen molar-refractivity contribution in [3.63, 3.8) is 0 Å². The summed E-state index contributed by atoms with van der Waals surface area (Å²) in [7, 11) is -7.21.